The number of carbonyl (C=O) groups excluding carboxylic acids is 1. The Morgan fingerprint density at radius 1 is 0.793 bits per heavy atom. The number of nitrogens with one attached hydrogen (secondary N) is 1. The summed E-state index contributed by atoms with van der Waals surface area (Å²) in [5.41, 5.74) is 1.99. The van der Waals surface area contributed by atoms with Crippen molar-refractivity contribution in [2.75, 3.05) is 5.32 Å². The highest BCUT2D eigenvalue weighted by molar-refractivity contribution is 5.94. The Balaban J connectivity index is 1.55. The van der Waals surface area contributed by atoms with E-state index in [1.165, 1.54) is 5.56 Å². The van der Waals surface area contributed by atoms with Gasteiger partial charge in [-0.05, 0) is 66.4 Å². The van der Waals surface area contributed by atoms with Gasteiger partial charge in [-0.15, -0.1) is 0 Å². The number of carbonyl (C=O) groups is 1. The Hall–Kier alpha value is -3.27. The molecule has 29 heavy (non-hydrogen) atoms. The first-order chi connectivity index (χ1) is 13.8. The summed E-state index contributed by atoms with van der Waals surface area (Å²) in [5, 5.41) is 2.87. The van der Waals surface area contributed by atoms with Gasteiger partial charge in [0.05, 0.1) is 0 Å². The average Bonchev–Trinajstić information content (AvgIpc) is 2.70. The van der Waals surface area contributed by atoms with Crippen molar-refractivity contribution >= 4 is 11.6 Å². The van der Waals surface area contributed by atoms with Crippen LogP contribution < -0.4 is 14.8 Å². The lowest BCUT2D eigenvalue weighted by Crippen LogP contribution is -2.30. The van der Waals surface area contributed by atoms with Crippen LogP contribution in [0.1, 0.15) is 33.3 Å². The SMILES string of the molecule is C[C@H](Oc1ccc(C(C)(C)C)cc1)C(=O)Nc1ccc(Oc2ccccc2)cc1. The van der Waals surface area contributed by atoms with Crippen LogP contribution in [-0.2, 0) is 10.2 Å². The predicted octanol–water partition coefficient (Wildman–Crippen LogP) is 6.18. The van der Waals surface area contributed by atoms with Crippen LogP contribution in [-0.4, -0.2) is 12.0 Å². The zero-order valence-corrected chi connectivity index (χ0v) is 17.3. The molecule has 0 saturated carbocycles. The van der Waals surface area contributed by atoms with Crippen molar-refractivity contribution < 1.29 is 14.3 Å². The number of anilines is 1. The maximum Gasteiger partial charge on any atom is 0.265 e. The van der Waals surface area contributed by atoms with Crippen LogP contribution >= 0.6 is 0 Å². The zero-order chi connectivity index (χ0) is 20.9. The minimum Gasteiger partial charge on any atom is -0.481 e. The molecule has 1 N–H and O–H groups in total. The van der Waals surface area contributed by atoms with Crippen molar-refractivity contribution in [3.05, 3.63) is 84.4 Å². The molecule has 4 nitrogen and oxygen atoms in total. The minimum atomic E-state index is -0.615. The van der Waals surface area contributed by atoms with E-state index in [1.807, 2.05) is 66.7 Å². The molecule has 0 aromatic heterocycles. The van der Waals surface area contributed by atoms with E-state index < -0.39 is 6.10 Å². The van der Waals surface area contributed by atoms with Gasteiger partial charge in [-0.3, -0.25) is 4.79 Å². The number of ether oxygens (including phenoxy) is 2. The van der Waals surface area contributed by atoms with E-state index in [2.05, 4.69) is 26.1 Å². The quantitative estimate of drug-likeness (QED) is 0.547. The first kappa shape index (κ1) is 20.5. The Bertz CT molecular complexity index is 927. The molecule has 0 saturated heterocycles. The second kappa shape index (κ2) is 8.82. The molecule has 0 aliphatic heterocycles. The average molecular weight is 389 g/mol. The monoisotopic (exact) mass is 389 g/mol. The third kappa shape index (κ3) is 5.85. The summed E-state index contributed by atoms with van der Waals surface area (Å²) in [7, 11) is 0. The first-order valence-electron chi connectivity index (χ1n) is 9.72. The zero-order valence-electron chi connectivity index (χ0n) is 17.3. The summed E-state index contributed by atoms with van der Waals surface area (Å²) in [5.74, 6) is 1.94. The molecule has 0 unspecified atom stereocenters. The number of para-hydroxylation sites is 1. The van der Waals surface area contributed by atoms with E-state index in [4.69, 9.17) is 9.47 Å². The summed E-state index contributed by atoms with van der Waals surface area (Å²) in [6.45, 7) is 8.22. The van der Waals surface area contributed by atoms with Gasteiger partial charge < -0.3 is 14.8 Å². The Labute approximate surface area is 172 Å². The van der Waals surface area contributed by atoms with Crippen LogP contribution in [0, 0.1) is 0 Å². The summed E-state index contributed by atoms with van der Waals surface area (Å²) in [6, 6.07) is 24.7. The molecule has 4 heteroatoms. The van der Waals surface area contributed by atoms with Crippen molar-refractivity contribution in [2.45, 2.75) is 39.2 Å². The van der Waals surface area contributed by atoms with Crippen molar-refractivity contribution in [1.82, 2.24) is 0 Å². The Morgan fingerprint density at radius 2 is 1.34 bits per heavy atom. The normalized spacial score (nSPS) is 12.1. The van der Waals surface area contributed by atoms with Crippen LogP contribution in [0.4, 0.5) is 5.69 Å². The molecule has 0 aliphatic rings. The summed E-state index contributed by atoms with van der Waals surface area (Å²) in [4.78, 5) is 12.5. The van der Waals surface area contributed by atoms with Gasteiger partial charge in [-0.1, -0.05) is 51.1 Å². The molecule has 150 valence electrons. The smallest absolute Gasteiger partial charge is 0.265 e. The third-order valence-electron chi connectivity index (χ3n) is 4.50. The lowest BCUT2D eigenvalue weighted by molar-refractivity contribution is -0.122. The molecule has 0 spiro atoms. The second-order valence-corrected chi connectivity index (χ2v) is 7.96. The predicted molar refractivity (Wildman–Crippen MR) is 117 cm³/mol. The van der Waals surface area contributed by atoms with Crippen LogP contribution in [0.25, 0.3) is 0 Å². The second-order valence-electron chi connectivity index (χ2n) is 7.96. The van der Waals surface area contributed by atoms with E-state index >= 15 is 0 Å². The van der Waals surface area contributed by atoms with E-state index in [-0.39, 0.29) is 11.3 Å². The van der Waals surface area contributed by atoms with E-state index in [0.717, 1.165) is 5.75 Å². The molecule has 0 fully saturated rings. The van der Waals surface area contributed by atoms with E-state index in [0.29, 0.717) is 17.2 Å². The molecule has 3 rings (SSSR count). The van der Waals surface area contributed by atoms with Crippen molar-refractivity contribution in [3.63, 3.8) is 0 Å². The van der Waals surface area contributed by atoms with Gasteiger partial charge in [-0.25, -0.2) is 0 Å². The molecule has 3 aromatic carbocycles. The highest BCUT2D eigenvalue weighted by atomic mass is 16.5. The molecule has 1 amide bonds. The summed E-state index contributed by atoms with van der Waals surface area (Å²) >= 11 is 0. The topological polar surface area (TPSA) is 47.6 Å². The minimum absolute atomic E-state index is 0.0813. The van der Waals surface area contributed by atoms with Crippen LogP contribution in [0.15, 0.2) is 78.9 Å². The fourth-order valence-electron chi connectivity index (χ4n) is 2.77. The van der Waals surface area contributed by atoms with Gasteiger partial charge in [-0.2, -0.15) is 0 Å². The Kier molecular flexibility index (Phi) is 6.23. The van der Waals surface area contributed by atoms with Crippen molar-refractivity contribution in [2.24, 2.45) is 0 Å². The number of benzene rings is 3. The molecular weight excluding hydrogens is 362 g/mol. The fourth-order valence-corrected chi connectivity index (χ4v) is 2.77. The van der Waals surface area contributed by atoms with Crippen LogP contribution in [0.2, 0.25) is 0 Å². The summed E-state index contributed by atoms with van der Waals surface area (Å²) in [6.07, 6.45) is -0.615. The number of hydrogen-bond acceptors (Lipinski definition) is 3. The molecule has 0 heterocycles. The highest BCUT2D eigenvalue weighted by Gasteiger charge is 2.17. The van der Waals surface area contributed by atoms with Gasteiger partial charge in [0.15, 0.2) is 6.10 Å². The number of rotatable bonds is 6. The molecule has 1 atom stereocenters. The largest absolute Gasteiger partial charge is 0.481 e. The number of amides is 1. The molecular formula is C25H27NO3. The fraction of sp³-hybridized carbons (Fsp3) is 0.240. The molecule has 0 aliphatic carbocycles. The van der Waals surface area contributed by atoms with Gasteiger partial charge in [0.2, 0.25) is 0 Å². The highest BCUT2D eigenvalue weighted by Crippen LogP contribution is 2.25. The van der Waals surface area contributed by atoms with Crippen molar-refractivity contribution in [1.29, 1.82) is 0 Å². The molecule has 0 radical (unpaired) electrons. The molecule has 3 aromatic rings. The van der Waals surface area contributed by atoms with E-state index in [9.17, 15) is 4.79 Å². The number of hydrogen-bond donors (Lipinski definition) is 1. The molecule has 0 bridgehead atoms. The van der Waals surface area contributed by atoms with Crippen molar-refractivity contribution in [3.8, 4) is 17.2 Å². The first-order valence-corrected chi connectivity index (χ1v) is 9.72. The van der Waals surface area contributed by atoms with E-state index in [1.54, 1.807) is 19.1 Å². The van der Waals surface area contributed by atoms with Crippen LogP contribution in [0.5, 0.6) is 17.2 Å². The van der Waals surface area contributed by atoms with Gasteiger partial charge in [0.1, 0.15) is 17.2 Å². The lowest BCUT2D eigenvalue weighted by Gasteiger charge is -2.20. The standard InChI is InChI=1S/C25H27NO3/c1-18(28-22-14-10-19(11-15-22)25(2,3)4)24(27)26-20-12-16-23(17-13-20)29-21-8-6-5-7-9-21/h5-18H,1-4H3,(H,26,27)/t18-/m0/s1. The summed E-state index contributed by atoms with van der Waals surface area (Å²) < 4.78 is 11.5. The maximum absolute atomic E-state index is 12.5. The van der Waals surface area contributed by atoms with Gasteiger partial charge in [0.25, 0.3) is 5.91 Å². The Morgan fingerprint density at radius 3 is 1.93 bits per heavy atom. The van der Waals surface area contributed by atoms with Crippen LogP contribution in [0.3, 0.4) is 0 Å². The maximum atomic E-state index is 12.5. The lowest BCUT2D eigenvalue weighted by atomic mass is 9.87. The van der Waals surface area contributed by atoms with Gasteiger partial charge >= 0.3 is 0 Å². The van der Waals surface area contributed by atoms with Gasteiger partial charge in [0, 0.05) is 5.69 Å². The third-order valence-corrected chi connectivity index (χ3v) is 4.50.